The Morgan fingerprint density at radius 3 is 2.59 bits per heavy atom. The zero-order valence-electron chi connectivity index (χ0n) is 11.8. The standard InChI is InChI=1S/C14H15N5O2S/c20-13(12-9-16-22-18-12)17-11-3-7-19(8-4-11)14(21)10-1-5-15-6-2-10/h1-2,5-6,9,11H,3-4,7-8H2,(H,17,20). The predicted octanol–water partition coefficient (Wildman–Crippen LogP) is 0.968. The molecule has 2 amide bonds. The molecule has 0 atom stereocenters. The van der Waals surface area contributed by atoms with Crippen LogP contribution in [0.3, 0.4) is 0 Å². The monoisotopic (exact) mass is 317 g/mol. The van der Waals surface area contributed by atoms with Crippen molar-refractivity contribution in [3.05, 3.63) is 42.0 Å². The van der Waals surface area contributed by atoms with Crippen LogP contribution in [-0.2, 0) is 0 Å². The first-order valence-corrected chi connectivity index (χ1v) is 7.75. The van der Waals surface area contributed by atoms with Gasteiger partial charge in [-0.15, -0.1) is 0 Å². The summed E-state index contributed by atoms with van der Waals surface area (Å²) in [5.74, 6) is -0.191. The number of nitrogens with one attached hydrogen (secondary N) is 1. The van der Waals surface area contributed by atoms with E-state index in [1.165, 1.54) is 6.20 Å². The van der Waals surface area contributed by atoms with Crippen LogP contribution in [0.15, 0.2) is 30.7 Å². The van der Waals surface area contributed by atoms with E-state index in [1.54, 1.807) is 24.5 Å². The Labute approximate surface area is 131 Å². The Hall–Kier alpha value is -2.35. The molecule has 8 heteroatoms. The molecule has 0 saturated carbocycles. The van der Waals surface area contributed by atoms with Gasteiger partial charge in [0.1, 0.15) is 0 Å². The molecule has 22 heavy (non-hydrogen) atoms. The predicted molar refractivity (Wildman–Crippen MR) is 80.5 cm³/mol. The molecule has 1 aliphatic rings. The Bertz CT molecular complexity index is 639. The molecule has 0 bridgehead atoms. The third-order valence-corrected chi connectivity index (χ3v) is 4.12. The Morgan fingerprint density at radius 2 is 1.95 bits per heavy atom. The zero-order chi connectivity index (χ0) is 15.4. The average molecular weight is 317 g/mol. The van der Waals surface area contributed by atoms with Gasteiger partial charge in [0.2, 0.25) is 0 Å². The highest BCUT2D eigenvalue weighted by Gasteiger charge is 2.25. The summed E-state index contributed by atoms with van der Waals surface area (Å²) in [5, 5.41) is 2.94. The van der Waals surface area contributed by atoms with Gasteiger partial charge in [-0.25, -0.2) is 0 Å². The number of piperidine rings is 1. The van der Waals surface area contributed by atoms with Crippen molar-refractivity contribution < 1.29 is 9.59 Å². The summed E-state index contributed by atoms with van der Waals surface area (Å²) in [7, 11) is 0. The zero-order valence-corrected chi connectivity index (χ0v) is 12.6. The lowest BCUT2D eigenvalue weighted by atomic mass is 10.0. The molecule has 7 nitrogen and oxygen atoms in total. The van der Waals surface area contributed by atoms with Crippen LogP contribution in [-0.4, -0.2) is 49.6 Å². The number of carbonyl (C=O) groups is 2. The summed E-state index contributed by atoms with van der Waals surface area (Å²) >= 11 is 1.01. The summed E-state index contributed by atoms with van der Waals surface area (Å²) in [5.41, 5.74) is 0.992. The second kappa shape index (κ2) is 6.61. The number of pyridine rings is 1. The van der Waals surface area contributed by atoms with Crippen molar-refractivity contribution in [3.8, 4) is 0 Å². The first-order valence-electron chi connectivity index (χ1n) is 7.02. The number of aromatic nitrogens is 3. The van der Waals surface area contributed by atoms with E-state index in [-0.39, 0.29) is 17.9 Å². The van der Waals surface area contributed by atoms with Gasteiger partial charge >= 0.3 is 0 Å². The SMILES string of the molecule is O=C(NC1CCN(C(=O)c2ccncc2)CC1)c1cnsn1. The number of amides is 2. The van der Waals surface area contributed by atoms with E-state index in [0.717, 1.165) is 24.6 Å². The molecular weight excluding hydrogens is 302 g/mol. The molecule has 1 N–H and O–H groups in total. The molecule has 0 aromatic carbocycles. The van der Waals surface area contributed by atoms with Crippen molar-refractivity contribution in [2.45, 2.75) is 18.9 Å². The fourth-order valence-electron chi connectivity index (χ4n) is 2.43. The minimum atomic E-state index is -0.201. The minimum Gasteiger partial charge on any atom is -0.348 e. The number of hydrogen-bond donors (Lipinski definition) is 1. The Balaban J connectivity index is 1.52. The highest BCUT2D eigenvalue weighted by atomic mass is 32.1. The third-order valence-electron chi connectivity index (χ3n) is 3.64. The maximum absolute atomic E-state index is 12.3. The second-order valence-electron chi connectivity index (χ2n) is 5.07. The van der Waals surface area contributed by atoms with Crippen molar-refractivity contribution >= 4 is 23.5 Å². The van der Waals surface area contributed by atoms with Crippen LogP contribution < -0.4 is 5.32 Å². The smallest absolute Gasteiger partial charge is 0.272 e. The average Bonchev–Trinajstić information content (AvgIpc) is 3.10. The van der Waals surface area contributed by atoms with Gasteiger partial charge in [0.15, 0.2) is 5.69 Å². The summed E-state index contributed by atoms with van der Waals surface area (Å²) in [4.78, 5) is 29.9. The van der Waals surface area contributed by atoms with Crippen LogP contribution in [0.25, 0.3) is 0 Å². The fraction of sp³-hybridized carbons (Fsp3) is 0.357. The van der Waals surface area contributed by atoms with Gasteiger partial charge in [-0.2, -0.15) is 8.75 Å². The molecule has 0 aliphatic carbocycles. The highest BCUT2D eigenvalue weighted by molar-refractivity contribution is 6.99. The van der Waals surface area contributed by atoms with Gasteiger partial charge < -0.3 is 10.2 Å². The minimum absolute atomic E-state index is 0.0101. The van der Waals surface area contributed by atoms with E-state index in [2.05, 4.69) is 19.0 Å². The molecule has 114 valence electrons. The Kier molecular flexibility index (Phi) is 4.38. The molecule has 2 aromatic rings. The third kappa shape index (κ3) is 3.28. The van der Waals surface area contributed by atoms with E-state index in [4.69, 9.17) is 0 Å². The van der Waals surface area contributed by atoms with Crippen LogP contribution in [0.1, 0.15) is 33.7 Å². The number of rotatable bonds is 3. The van der Waals surface area contributed by atoms with Crippen LogP contribution in [0.4, 0.5) is 0 Å². The lowest BCUT2D eigenvalue weighted by Crippen LogP contribution is -2.46. The lowest BCUT2D eigenvalue weighted by Gasteiger charge is -2.32. The summed E-state index contributed by atoms with van der Waals surface area (Å²) in [6, 6.07) is 3.49. The van der Waals surface area contributed by atoms with Crippen molar-refractivity contribution in [1.82, 2.24) is 23.9 Å². The molecule has 1 fully saturated rings. The quantitative estimate of drug-likeness (QED) is 0.911. The van der Waals surface area contributed by atoms with Crippen molar-refractivity contribution in [3.63, 3.8) is 0 Å². The second-order valence-corrected chi connectivity index (χ2v) is 5.63. The summed E-state index contributed by atoms with van der Waals surface area (Å²) in [6.45, 7) is 1.25. The molecular formula is C14H15N5O2S. The van der Waals surface area contributed by atoms with Crippen LogP contribution >= 0.6 is 11.7 Å². The highest BCUT2D eigenvalue weighted by Crippen LogP contribution is 2.14. The maximum atomic E-state index is 12.3. The first-order chi connectivity index (χ1) is 10.7. The van der Waals surface area contributed by atoms with Crippen molar-refractivity contribution in [2.75, 3.05) is 13.1 Å². The van der Waals surface area contributed by atoms with Gasteiger partial charge in [-0.3, -0.25) is 14.6 Å². The van der Waals surface area contributed by atoms with Gasteiger partial charge in [-0.1, -0.05) is 0 Å². The maximum Gasteiger partial charge on any atom is 0.272 e. The molecule has 0 unspecified atom stereocenters. The number of likely N-dealkylation sites (tertiary alicyclic amines) is 1. The van der Waals surface area contributed by atoms with Gasteiger partial charge in [-0.05, 0) is 25.0 Å². The van der Waals surface area contributed by atoms with Crippen molar-refractivity contribution in [1.29, 1.82) is 0 Å². The summed E-state index contributed by atoms with van der Waals surface area (Å²) < 4.78 is 7.73. The summed E-state index contributed by atoms with van der Waals surface area (Å²) in [6.07, 6.45) is 6.16. The molecule has 0 spiro atoms. The van der Waals surface area contributed by atoms with Gasteiger partial charge in [0, 0.05) is 37.1 Å². The van der Waals surface area contributed by atoms with E-state index in [1.807, 2.05) is 4.90 Å². The lowest BCUT2D eigenvalue weighted by molar-refractivity contribution is 0.0697. The van der Waals surface area contributed by atoms with Gasteiger partial charge in [0.05, 0.1) is 17.9 Å². The number of hydrogen-bond acceptors (Lipinski definition) is 6. The number of nitrogens with zero attached hydrogens (tertiary/aromatic N) is 4. The van der Waals surface area contributed by atoms with E-state index < -0.39 is 0 Å². The molecule has 3 heterocycles. The van der Waals surface area contributed by atoms with Gasteiger partial charge in [0.25, 0.3) is 11.8 Å². The molecule has 1 saturated heterocycles. The fourth-order valence-corrected chi connectivity index (χ4v) is 2.84. The van der Waals surface area contributed by atoms with Crippen LogP contribution in [0.2, 0.25) is 0 Å². The molecule has 3 rings (SSSR count). The molecule has 1 aliphatic heterocycles. The molecule has 0 radical (unpaired) electrons. The first kappa shape index (κ1) is 14.6. The topological polar surface area (TPSA) is 88.1 Å². The molecule has 2 aromatic heterocycles. The van der Waals surface area contributed by atoms with E-state index >= 15 is 0 Å². The Morgan fingerprint density at radius 1 is 1.23 bits per heavy atom. The van der Waals surface area contributed by atoms with Crippen molar-refractivity contribution in [2.24, 2.45) is 0 Å². The van der Waals surface area contributed by atoms with Crippen LogP contribution in [0.5, 0.6) is 0 Å². The van der Waals surface area contributed by atoms with E-state index in [0.29, 0.717) is 24.3 Å². The normalized spacial score (nSPS) is 15.5. The van der Waals surface area contributed by atoms with Crippen LogP contribution in [0, 0.1) is 0 Å². The largest absolute Gasteiger partial charge is 0.348 e. The number of carbonyl (C=O) groups excluding carboxylic acids is 2. The van der Waals surface area contributed by atoms with E-state index in [9.17, 15) is 9.59 Å².